The molecule has 1 aromatic heterocycles. The number of alkyl halides is 3. The smallest absolute Gasteiger partial charge is 0.388 e. The molecule has 6 nitrogen and oxygen atoms in total. The standard InChI is InChI=1S/C17H18ClF3N4O2S/c1-11(13-5-8-15(23-9-13)17(19,20)21)28(2,26)25-16(22)24-27-10-12-3-6-14(18)7-4-12/h3-9,11H,10H2,1-2H3,(H2,22,24). The van der Waals surface area contributed by atoms with Gasteiger partial charge in [0.2, 0.25) is 0 Å². The number of nitrogens with two attached hydrogens (primary N) is 1. The van der Waals surface area contributed by atoms with Gasteiger partial charge in [-0.3, -0.25) is 4.98 Å². The Kier molecular flexibility index (Phi) is 6.89. The Morgan fingerprint density at radius 1 is 1.29 bits per heavy atom. The van der Waals surface area contributed by atoms with Gasteiger partial charge >= 0.3 is 6.18 Å². The van der Waals surface area contributed by atoms with Crippen molar-refractivity contribution in [1.82, 2.24) is 4.98 Å². The van der Waals surface area contributed by atoms with Crippen LogP contribution in [-0.2, 0) is 27.3 Å². The van der Waals surface area contributed by atoms with Crippen molar-refractivity contribution in [2.45, 2.75) is 25.0 Å². The summed E-state index contributed by atoms with van der Waals surface area (Å²) in [4.78, 5) is 8.43. The first-order valence-electron chi connectivity index (χ1n) is 7.93. The predicted molar refractivity (Wildman–Crippen MR) is 102 cm³/mol. The third-order valence-corrected chi connectivity index (χ3v) is 6.17. The van der Waals surface area contributed by atoms with Crippen molar-refractivity contribution in [2.24, 2.45) is 15.3 Å². The first kappa shape index (κ1) is 22.0. The van der Waals surface area contributed by atoms with Gasteiger partial charge in [0.05, 0.1) is 15.0 Å². The summed E-state index contributed by atoms with van der Waals surface area (Å²) in [5, 5.41) is 3.45. The van der Waals surface area contributed by atoms with E-state index in [0.717, 1.165) is 17.8 Å². The summed E-state index contributed by atoms with van der Waals surface area (Å²) >= 11 is 5.78. The van der Waals surface area contributed by atoms with E-state index in [2.05, 4.69) is 14.5 Å². The highest BCUT2D eigenvalue weighted by Gasteiger charge is 2.32. The fraction of sp³-hybridized carbons (Fsp3) is 0.294. The molecule has 0 bridgehead atoms. The number of hydrogen-bond donors (Lipinski definition) is 1. The fourth-order valence-electron chi connectivity index (χ4n) is 2.10. The maximum atomic E-state index is 12.8. The lowest BCUT2D eigenvalue weighted by molar-refractivity contribution is -0.141. The number of benzene rings is 1. The van der Waals surface area contributed by atoms with Crippen LogP contribution < -0.4 is 5.73 Å². The highest BCUT2D eigenvalue weighted by Crippen LogP contribution is 2.29. The molecule has 0 aliphatic carbocycles. The van der Waals surface area contributed by atoms with Crippen LogP contribution in [0.2, 0.25) is 5.02 Å². The number of oxime groups is 1. The van der Waals surface area contributed by atoms with Gasteiger partial charge in [0.15, 0.2) is 0 Å². The second-order valence-electron chi connectivity index (χ2n) is 5.92. The number of pyridine rings is 1. The summed E-state index contributed by atoms with van der Waals surface area (Å²) in [5.41, 5.74) is 5.74. The van der Waals surface area contributed by atoms with Crippen LogP contribution in [0.3, 0.4) is 0 Å². The van der Waals surface area contributed by atoms with Crippen molar-refractivity contribution < 1.29 is 22.2 Å². The summed E-state index contributed by atoms with van der Waals surface area (Å²) in [7, 11) is -2.96. The molecule has 2 N–H and O–H groups in total. The molecular formula is C17H18ClF3N4O2S. The second-order valence-corrected chi connectivity index (χ2v) is 8.97. The molecule has 2 unspecified atom stereocenters. The Bertz CT molecular complexity index is 954. The van der Waals surface area contributed by atoms with E-state index < -0.39 is 26.8 Å². The van der Waals surface area contributed by atoms with Gasteiger partial charge in [-0.25, -0.2) is 4.21 Å². The molecule has 1 heterocycles. The SMILES string of the molecule is CC(c1ccc(C(F)(F)F)nc1)S(C)(=O)=N/C(N)=N/OCc1ccc(Cl)cc1. The minimum Gasteiger partial charge on any atom is -0.388 e. The maximum Gasteiger partial charge on any atom is 0.433 e. The van der Waals surface area contributed by atoms with Gasteiger partial charge in [0.25, 0.3) is 5.96 Å². The molecule has 0 saturated heterocycles. The van der Waals surface area contributed by atoms with Crippen LogP contribution in [0.1, 0.15) is 29.0 Å². The molecular weight excluding hydrogens is 417 g/mol. The number of rotatable bonds is 5. The average Bonchev–Trinajstić information content (AvgIpc) is 2.61. The van der Waals surface area contributed by atoms with E-state index in [-0.39, 0.29) is 12.6 Å². The first-order chi connectivity index (χ1) is 13.0. The molecule has 2 atom stereocenters. The normalized spacial score (nSPS) is 15.6. The molecule has 0 amide bonds. The Hall–Kier alpha value is -2.33. The Morgan fingerprint density at radius 3 is 2.46 bits per heavy atom. The molecule has 1 aromatic carbocycles. The fourth-order valence-corrected chi connectivity index (χ4v) is 3.43. The van der Waals surface area contributed by atoms with Gasteiger partial charge < -0.3 is 10.6 Å². The van der Waals surface area contributed by atoms with Gasteiger partial charge in [-0.2, -0.15) is 17.5 Å². The third kappa shape index (κ3) is 6.10. The molecule has 0 aliphatic heterocycles. The molecule has 0 aliphatic rings. The van der Waals surface area contributed by atoms with Crippen LogP contribution in [0, 0.1) is 0 Å². The van der Waals surface area contributed by atoms with E-state index in [1.807, 2.05) is 0 Å². The number of halogens is 4. The van der Waals surface area contributed by atoms with Crippen molar-refractivity contribution in [3.63, 3.8) is 0 Å². The van der Waals surface area contributed by atoms with Crippen molar-refractivity contribution in [3.8, 4) is 0 Å². The van der Waals surface area contributed by atoms with E-state index in [1.54, 1.807) is 31.2 Å². The zero-order valence-corrected chi connectivity index (χ0v) is 16.6. The summed E-state index contributed by atoms with van der Waals surface area (Å²) in [5.74, 6) is -0.340. The molecule has 2 rings (SSSR count). The monoisotopic (exact) mass is 434 g/mol. The summed E-state index contributed by atoms with van der Waals surface area (Å²) < 4.78 is 54.5. The second kappa shape index (κ2) is 8.78. The van der Waals surface area contributed by atoms with Gasteiger partial charge in [-0.15, -0.1) is 0 Å². The third-order valence-electron chi connectivity index (χ3n) is 3.78. The minimum absolute atomic E-state index is 0.108. The van der Waals surface area contributed by atoms with E-state index in [1.165, 1.54) is 12.3 Å². The van der Waals surface area contributed by atoms with Gasteiger partial charge in [0.1, 0.15) is 12.3 Å². The molecule has 0 radical (unpaired) electrons. The van der Waals surface area contributed by atoms with Gasteiger partial charge in [0, 0.05) is 17.5 Å². The Balaban J connectivity index is 2.09. The van der Waals surface area contributed by atoms with Crippen LogP contribution in [0.15, 0.2) is 52.1 Å². The molecule has 11 heteroatoms. The van der Waals surface area contributed by atoms with Crippen LogP contribution in [0.4, 0.5) is 13.2 Å². The average molecular weight is 435 g/mol. The van der Waals surface area contributed by atoms with Crippen molar-refractivity contribution >= 4 is 27.3 Å². The zero-order chi connectivity index (χ0) is 20.9. The minimum atomic E-state index is -4.54. The van der Waals surface area contributed by atoms with Crippen molar-refractivity contribution in [3.05, 3.63) is 64.4 Å². The highest BCUT2D eigenvalue weighted by atomic mass is 35.5. The van der Waals surface area contributed by atoms with E-state index >= 15 is 0 Å². The maximum absolute atomic E-state index is 12.8. The lowest BCUT2D eigenvalue weighted by atomic mass is 10.2. The van der Waals surface area contributed by atoms with Crippen LogP contribution >= 0.6 is 11.6 Å². The lowest BCUT2D eigenvalue weighted by Crippen LogP contribution is -2.16. The first-order valence-corrected chi connectivity index (χ1v) is 10.3. The van der Waals surface area contributed by atoms with Crippen molar-refractivity contribution in [1.29, 1.82) is 0 Å². The van der Waals surface area contributed by atoms with Gasteiger partial charge in [-0.05, 0) is 41.4 Å². The predicted octanol–water partition coefficient (Wildman–Crippen LogP) is 4.36. The zero-order valence-electron chi connectivity index (χ0n) is 15.0. The number of guanidine groups is 1. The molecule has 28 heavy (non-hydrogen) atoms. The lowest BCUT2D eigenvalue weighted by Gasteiger charge is -2.14. The quantitative estimate of drug-likeness (QED) is 0.430. The topological polar surface area (TPSA) is 89.9 Å². The van der Waals surface area contributed by atoms with Crippen molar-refractivity contribution in [2.75, 3.05) is 6.26 Å². The molecule has 0 spiro atoms. The van der Waals surface area contributed by atoms with Crippen LogP contribution in [-0.4, -0.2) is 21.4 Å². The van der Waals surface area contributed by atoms with Crippen LogP contribution in [0.25, 0.3) is 0 Å². The summed E-state index contributed by atoms with van der Waals surface area (Å²) in [6.45, 7) is 1.66. The van der Waals surface area contributed by atoms with E-state index in [0.29, 0.717) is 10.6 Å². The molecule has 2 aromatic rings. The Morgan fingerprint density at radius 2 is 1.93 bits per heavy atom. The summed E-state index contributed by atoms with van der Waals surface area (Å²) in [6, 6.07) is 8.91. The number of nitrogens with zero attached hydrogens (tertiary/aromatic N) is 3. The number of hydrogen-bond acceptors (Lipinski definition) is 4. The largest absolute Gasteiger partial charge is 0.433 e. The van der Waals surface area contributed by atoms with Crippen LogP contribution in [0.5, 0.6) is 0 Å². The van der Waals surface area contributed by atoms with E-state index in [4.69, 9.17) is 22.2 Å². The van der Waals surface area contributed by atoms with E-state index in [9.17, 15) is 17.4 Å². The molecule has 152 valence electrons. The van der Waals surface area contributed by atoms with Gasteiger partial charge in [-0.1, -0.05) is 29.8 Å². The Labute approximate surface area is 165 Å². The molecule has 0 fully saturated rings. The molecule has 0 saturated carbocycles. The number of aromatic nitrogens is 1. The highest BCUT2D eigenvalue weighted by molar-refractivity contribution is 7.93. The summed E-state index contributed by atoms with van der Waals surface area (Å²) in [6.07, 6.45) is -2.19.